The summed E-state index contributed by atoms with van der Waals surface area (Å²) >= 11 is 0. The number of benzene rings is 3. The molecule has 4 aromatic rings. The third-order valence-electron chi connectivity index (χ3n) is 6.00. The maximum atomic E-state index is 12.9. The van der Waals surface area contributed by atoms with Gasteiger partial charge in [0.05, 0.1) is 32.4 Å². The number of aromatic amines is 1. The van der Waals surface area contributed by atoms with Gasteiger partial charge in [0.1, 0.15) is 5.82 Å². The van der Waals surface area contributed by atoms with E-state index in [0.717, 1.165) is 16.6 Å². The van der Waals surface area contributed by atoms with E-state index in [1.807, 2.05) is 50.3 Å². The summed E-state index contributed by atoms with van der Waals surface area (Å²) in [4.78, 5) is 33.4. The summed E-state index contributed by atoms with van der Waals surface area (Å²) in [6, 6.07) is 16.0. The van der Waals surface area contributed by atoms with Gasteiger partial charge in [-0.15, -0.1) is 0 Å². The highest BCUT2D eigenvalue weighted by molar-refractivity contribution is 6.06. The second-order valence-corrected chi connectivity index (χ2v) is 8.46. The fourth-order valence-corrected chi connectivity index (χ4v) is 4.04. The van der Waals surface area contributed by atoms with Crippen LogP contribution in [0.2, 0.25) is 0 Å². The Labute approximate surface area is 226 Å². The lowest BCUT2D eigenvalue weighted by Crippen LogP contribution is -2.13. The second-order valence-electron chi connectivity index (χ2n) is 8.46. The third kappa shape index (κ3) is 5.93. The van der Waals surface area contributed by atoms with Crippen LogP contribution in [0.4, 0.5) is 11.4 Å². The molecule has 0 spiro atoms. The number of ether oxygens (including phenoxy) is 3. The molecule has 3 N–H and O–H groups in total. The zero-order valence-electron chi connectivity index (χ0n) is 22.4. The Kier molecular flexibility index (Phi) is 8.30. The summed E-state index contributed by atoms with van der Waals surface area (Å²) in [6.07, 6.45) is 5.35. The number of fused-ring (bicyclic) bond motifs is 1. The Hall–Kier alpha value is -5.05. The summed E-state index contributed by atoms with van der Waals surface area (Å²) in [7, 11) is 4.50. The van der Waals surface area contributed by atoms with E-state index in [0.29, 0.717) is 45.6 Å². The summed E-state index contributed by atoms with van der Waals surface area (Å²) in [5, 5.41) is 5.79. The number of aromatic nitrogens is 2. The summed E-state index contributed by atoms with van der Waals surface area (Å²) in [6.45, 7) is 3.69. The first-order valence-electron chi connectivity index (χ1n) is 12.2. The minimum Gasteiger partial charge on any atom is -0.493 e. The quantitative estimate of drug-likeness (QED) is 0.183. The Balaban J connectivity index is 1.50. The van der Waals surface area contributed by atoms with Crippen LogP contribution in [-0.2, 0) is 4.79 Å². The van der Waals surface area contributed by atoms with E-state index in [-0.39, 0.29) is 11.8 Å². The fourth-order valence-electron chi connectivity index (χ4n) is 4.04. The van der Waals surface area contributed by atoms with Gasteiger partial charge >= 0.3 is 0 Å². The van der Waals surface area contributed by atoms with Crippen LogP contribution in [0.5, 0.6) is 17.2 Å². The SMILES string of the molecule is C/C=C\C(=C/C)C(=O)Nc1ccc2nc(-c3ccc(NC(=O)c4cc(OC)c(OC)c(OC)c4)cc3)[nH]c2c1. The highest BCUT2D eigenvalue weighted by atomic mass is 16.5. The molecule has 200 valence electrons. The predicted octanol–water partition coefficient (Wildman–Crippen LogP) is 5.97. The van der Waals surface area contributed by atoms with Gasteiger partial charge in [0.15, 0.2) is 11.5 Å². The summed E-state index contributed by atoms with van der Waals surface area (Å²) < 4.78 is 16.0. The first kappa shape index (κ1) is 27.0. The zero-order chi connectivity index (χ0) is 27.9. The van der Waals surface area contributed by atoms with E-state index in [4.69, 9.17) is 14.2 Å². The molecule has 4 rings (SSSR count). The topological polar surface area (TPSA) is 115 Å². The number of H-pyrrole nitrogens is 1. The molecule has 9 heteroatoms. The van der Waals surface area contributed by atoms with Crippen LogP contribution in [-0.4, -0.2) is 43.1 Å². The Morgan fingerprint density at radius 2 is 1.51 bits per heavy atom. The minimum absolute atomic E-state index is 0.182. The highest BCUT2D eigenvalue weighted by Gasteiger charge is 2.17. The number of nitrogens with zero attached hydrogens (tertiary/aromatic N) is 1. The summed E-state index contributed by atoms with van der Waals surface area (Å²) in [5.41, 5.74) is 4.61. The number of carbonyl (C=O) groups is 2. The molecule has 9 nitrogen and oxygen atoms in total. The van der Waals surface area contributed by atoms with Crippen LogP contribution < -0.4 is 24.8 Å². The first-order chi connectivity index (χ1) is 18.9. The van der Waals surface area contributed by atoms with Gasteiger partial charge in [0.25, 0.3) is 11.8 Å². The molecule has 0 aliphatic rings. The third-order valence-corrected chi connectivity index (χ3v) is 6.00. The van der Waals surface area contributed by atoms with Gasteiger partial charge in [-0.2, -0.15) is 0 Å². The number of allylic oxidation sites excluding steroid dienone is 2. The van der Waals surface area contributed by atoms with Crippen molar-refractivity contribution in [3.63, 3.8) is 0 Å². The highest BCUT2D eigenvalue weighted by Crippen LogP contribution is 2.38. The Morgan fingerprint density at radius 1 is 0.846 bits per heavy atom. The van der Waals surface area contributed by atoms with E-state index in [2.05, 4.69) is 20.6 Å². The van der Waals surface area contributed by atoms with Crippen molar-refractivity contribution in [1.82, 2.24) is 9.97 Å². The molecule has 0 bridgehead atoms. The van der Waals surface area contributed by atoms with Gasteiger partial charge in [-0.05, 0) is 68.4 Å². The van der Waals surface area contributed by atoms with Crippen LogP contribution >= 0.6 is 0 Å². The Bertz CT molecular complexity index is 1540. The normalized spacial score (nSPS) is 11.5. The van der Waals surface area contributed by atoms with Gasteiger partial charge in [-0.3, -0.25) is 9.59 Å². The van der Waals surface area contributed by atoms with Crippen molar-refractivity contribution in [3.05, 3.63) is 84.0 Å². The molecular formula is C30H30N4O5. The maximum Gasteiger partial charge on any atom is 0.255 e. The summed E-state index contributed by atoms with van der Waals surface area (Å²) in [5.74, 6) is 1.36. The van der Waals surface area contributed by atoms with Crippen molar-refractivity contribution in [3.8, 4) is 28.6 Å². The number of hydrogen-bond donors (Lipinski definition) is 3. The van der Waals surface area contributed by atoms with Crippen molar-refractivity contribution in [1.29, 1.82) is 0 Å². The van der Waals surface area contributed by atoms with E-state index in [1.54, 1.807) is 36.4 Å². The zero-order valence-corrected chi connectivity index (χ0v) is 22.4. The molecule has 0 atom stereocenters. The van der Waals surface area contributed by atoms with Crippen LogP contribution in [0, 0.1) is 0 Å². The lowest BCUT2D eigenvalue weighted by atomic mass is 10.1. The molecule has 0 fully saturated rings. The minimum atomic E-state index is -0.323. The molecule has 1 aromatic heterocycles. The van der Waals surface area contributed by atoms with E-state index in [1.165, 1.54) is 21.3 Å². The van der Waals surface area contributed by atoms with Gasteiger partial charge in [-0.1, -0.05) is 18.2 Å². The molecule has 1 heterocycles. The van der Waals surface area contributed by atoms with Gasteiger partial charge in [-0.25, -0.2) is 4.98 Å². The number of nitrogens with one attached hydrogen (secondary N) is 3. The van der Waals surface area contributed by atoms with Crippen molar-refractivity contribution in [2.24, 2.45) is 0 Å². The molecule has 2 amide bonds. The fraction of sp³-hybridized carbons (Fsp3) is 0.167. The van der Waals surface area contributed by atoms with Crippen LogP contribution in [0.3, 0.4) is 0 Å². The predicted molar refractivity (Wildman–Crippen MR) is 153 cm³/mol. The number of anilines is 2. The van der Waals surface area contributed by atoms with Crippen LogP contribution in [0.25, 0.3) is 22.4 Å². The Morgan fingerprint density at radius 3 is 2.10 bits per heavy atom. The number of carbonyl (C=O) groups excluding carboxylic acids is 2. The van der Waals surface area contributed by atoms with Crippen LogP contribution in [0.15, 0.2) is 78.4 Å². The van der Waals surface area contributed by atoms with Crippen molar-refractivity contribution in [2.75, 3.05) is 32.0 Å². The number of amides is 2. The molecular weight excluding hydrogens is 496 g/mol. The standard InChI is InChI=1S/C30H30N4O5/c1-6-8-18(7-2)29(35)32-22-13-14-23-24(17-22)34-28(33-23)19-9-11-21(12-10-19)31-30(36)20-15-25(37-3)27(39-5)26(16-20)38-4/h6-17H,1-5H3,(H,31,36)(H,32,35)(H,33,34)/b8-6-,18-7+. The maximum absolute atomic E-state index is 12.9. The number of methoxy groups -OCH3 is 3. The molecule has 0 radical (unpaired) electrons. The van der Waals surface area contributed by atoms with E-state index < -0.39 is 0 Å². The molecule has 0 aliphatic heterocycles. The van der Waals surface area contributed by atoms with Crippen molar-refractivity contribution >= 4 is 34.2 Å². The second kappa shape index (κ2) is 12.0. The number of rotatable bonds is 9. The number of imidazole rings is 1. The van der Waals surface area contributed by atoms with Crippen molar-refractivity contribution in [2.45, 2.75) is 13.8 Å². The average molecular weight is 527 g/mol. The molecule has 3 aromatic carbocycles. The lowest BCUT2D eigenvalue weighted by molar-refractivity contribution is -0.112. The lowest BCUT2D eigenvalue weighted by Gasteiger charge is -2.14. The van der Waals surface area contributed by atoms with Gasteiger partial charge in [0.2, 0.25) is 5.75 Å². The largest absolute Gasteiger partial charge is 0.493 e. The van der Waals surface area contributed by atoms with Gasteiger partial charge in [0, 0.05) is 28.1 Å². The van der Waals surface area contributed by atoms with Crippen molar-refractivity contribution < 1.29 is 23.8 Å². The first-order valence-corrected chi connectivity index (χ1v) is 12.2. The smallest absolute Gasteiger partial charge is 0.255 e. The molecule has 0 unspecified atom stereocenters. The number of hydrogen-bond acceptors (Lipinski definition) is 6. The van der Waals surface area contributed by atoms with E-state index >= 15 is 0 Å². The molecule has 0 saturated heterocycles. The van der Waals surface area contributed by atoms with Gasteiger partial charge < -0.3 is 29.8 Å². The molecule has 39 heavy (non-hydrogen) atoms. The van der Waals surface area contributed by atoms with Crippen LogP contribution in [0.1, 0.15) is 24.2 Å². The molecule has 0 aliphatic carbocycles. The monoisotopic (exact) mass is 526 g/mol. The average Bonchev–Trinajstić information content (AvgIpc) is 3.38. The molecule has 0 saturated carbocycles. The van der Waals surface area contributed by atoms with E-state index in [9.17, 15) is 9.59 Å².